The Kier molecular flexibility index (Phi) is 5.51. The van der Waals surface area contributed by atoms with E-state index in [4.69, 9.17) is 9.52 Å². The van der Waals surface area contributed by atoms with Gasteiger partial charge >= 0.3 is 0 Å². The van der Waals surface area contributed by atoms with E-state index in [9.17, 15) is 0 Å². The maximum Gasteiger partial charge on any atom is 0.198 e. The first-order chi connectivity index (χ1) is 11.7. The van der Waals surface area contributed by atoms with E-state index in [1.54, 1.807) is 0 Å². The third-order valence-corrected chi connectivity index (χ3v) is 4.49. The highest BCUT2D eigenvalue weighted by molar-refractivity contribution is 5.93. The number of aliphatic imine (C=N–C) groups is 1. The molecule has 1 fully saturated rings. The number of benzene rings is 1. The number of nitrogens with zero attached hydrogens (tertiary/aromatic N) is 3. The lowest BCUT2D eigenvalue weighted by Gasteiger charge is -2.30. The van der Waals surface area contributed by atoms with Gasteiger partial charge in [0.05, 0.1) is 5.69 Å². The van der Waals surface area contributed by atoms with Crippen LogP contribution in [0.2, 0.25) is 0 Å². The van der Waals surface area contributed by atoms with Crippen LogP contribution in [0.5, 0.6) is 0 Å². The molecule has 1 aromatic heterocycles. The van der Waals surface area contributed by atoms with Crippen LogP contribution in [0.15, 0.2) is 39.8 Å². The maximum atomic E-state index is 5.24. The molecule has 3 rings (SSSR count). The summed E-state index contributed by atoms with van der Waals surface area (Å²) >= 11 is 0. The van der Waals surface area contributed by atoms with Crippen molar-refractivity contribution in [2.75, 3.05) is 25.0 Å². The molecule has 0 atom stereocenters. The fourth-order valence-corrected chi connectivity index (χ4v) is 3.11. The second-order valence-electron chi connectivity index (χ2n) is 6.30. The summed E-state index contributed by atoms with van der Waals surface area (Å²) < 4.78 is 5.24. The van der Waals surface area contributed by atoms with Gasteiger partial charge in [-0.1, -0.05) is 23.4 Å². The molecule has 1 aliphatic rings. The molecule has 1 N–H and O–H groups in total. The van der Waals surface area contributed by atoms with Crippen molar-refractivity contribution < 1.29 is 4.52 Å². The predicted molar refractivity (Wildman–Crippen MR) is 97.5 cm³/mol. The molecular weight excluding hydrogens is 300 g/mol. The fraction of sp³-hybridized carbons (Fsp3) is 0.474. The van der Waals surface area contributed by atoms with Crippen LogP contribution in [-0.2, 0) is 6.42 Å². The van der Waals surface area contributed by atoms with Gasteiger partial charge in [-0.05, 0) is 51.7 Å². The highest BCUT2D eigenvalue weighted by Gasteiger charge is 2.15. The first kappa shape index (κ1) is 16.6. The second kappa shape index (κ2) is 7.99. The van der Waals surface area contributed by atoms with E-state index in [0.717, 1.165) is 49.2 Å². The maximum absolute atomic E-state index is 5.24. The molecule has 0 bridgehead atoms. The molecule has 128 valence electrons. The van der Waals surface area contributed by atoms with E-state index < -0.39 is 0 Å². The Bertz CT molecular complexity index is 652. The number of nitrogens with one attached hydrogen (secondary N) is 1. The molecule has 1 saturated heterocycles. The Labute approximate surface area is 143 Å². The van der Waals surface area contributed by atoms with Gasteiger partial charge in [-0.2, -0.15) is 0 Å². The number of anilines is 1. The van der Waals surface area contributed by atoms with Crippen molar-refractivity contribution >= 4 is 11.6 Å². The molecular formula is C19H26N4O. The van der Waals surface area contributed by atoms with Crippen LogP contribution in [0, 0.1) is 13.8 Å². The molecule has 0 amide bonds. The van der Waals surface area contributed by atoms with Gasteiger partial charge in [0.2, 0.25) is 0 Å². The number of aryl methyl sites for hydroxylation is 2. The predicted octanol–water partition coefficient (Wildman–Crippen LogP) is 3.79. The summed E-state index contributed by atoms with van der Waals surface area (Å²) in [6, 6.07) is 10.3. The van der Waals surface area contributed by atoms with Gasteiger partial charge in [-0.15, -0.1) is 0 Å². The zero-order valence-corrected chi connectivity index (χ0v) is 14.6. The van der Waals surface area contributed by atoms with Crippen LogP contribution in [0.3, 0.4) is 0 Å². The SMILES string of the molecule is Cc1noc(C)c1CCN=C(Nc1ccccc1)N1CCCCC1. The van der Waals surface area contributed by atoms with Crippen LogP contribution in [0.25, 0.3) is 0 Å². The third kappa shape index (κ3) is 4.16. The molecule has 5 heteroatoms. The lowest BCUT2D eigenvalue weighted by Crippen LogP contribution is -2.40. The van der Waals surface area contributed by atoms with Crippen molar-refractivity contribution in [3.63, 3.8) is 0 Å². The van der Waals surface area contributed by atoms with Crippen LogP contribution < -0.4 is 5.32 Å². The van der Waals surface area contributed by atoms with E-state index in [-0.39, 0.29) is 0 Å². The molecule has 0 aliphatic carbocycles. The molecule has 0 saturated carbocycles. The quantitative estimate of drug-likeness (QED) is 0.686. The molecule has 24 heavy (non-hydrogen) atoms. The number of likely N-dealkylation sites (tertiary alicyclic amines) is 1. The van der Waals surface area contributed by atoms with Gasteiger partial charge < -0.3 is 14.7 Å². The summed E-state index contributed by atoms with van der Waals surface area (Å²) in [7, 11) is 0. The van der Waals surface area contributed by atoms with Gasteiger partial charge in [0.15, 0.2) is 5.96 Å². The van der Waals surface area contributed by atoms with Crippen LogP contribution in [-0.4, -0.2) is 35.7 Å². The van der Waals surface area contributed by atoms with Crippen molar-refractivity contribution in [3.05, 3.63) is 47.3 Å². The summed E-state index contributed by atoms with van der Waals surface area (Å²) in [5, 5.41) is 7.52. The number of para-hydroxylation sites is 1. The van der Waals surface area contributed by atoms with Gasteiger partial charge in [0, 0.05) is 30.9 Å². The van der Waals surface area contributed by atoms with Gasteiger partial charge in [0.1, 0.15) is 5.76 Å². The van der Waals surface area contributed by atoms with Gasteiger partial charge in [-0.3, -0.25) is 4.99 Å². The topological polar surface area (TPSA) is 53.7 Å². The summed E-state index contributed by atoms with van der Waals surface area (Å²) in [4.78, 5) is 7.23. The zero-order chi connectivity index (χ0) is 16.8. The molecule has 1 aromatic carbocycles. The van der Waals surface area contributed by atoms with Crippen molar-refractivity contribution in [3.8, 4) is 0 Å². The minimum atomic E-state index is 0.731. The fourth-order valence-electron chi connectivity index (χ4n) is 3.11. The van der Waals surface area contributed by atoms with Crippen molar-refractivity contribution in [2.24, 2.45) is 4.99 Å². The molecule has 0 radical (unpaired) electrons. The lowest BCUT2D eigenvalue weighted by atomic mass is 10.1. The van der Waals surface area contributed by atoms with E-state index in [1.165, 1.54) is 24.8 Å². The summed E-state index contributed by atoms with van der Waals surface area (Å²) in [6.07, 6.45) is 4.64. The molecule has 5 nitrogen and oxygen atoms in total. The smallest absolute Gasteiger partial charge is 0.198 e. The van der Waals surface area contributed by atoms with Crippen molar-refractivity contribution in [1.82, 2.24) is 10.1 Å². The Morgan fingerprint density at radius 1 is 1.17 bits per heavy atom. The molecule has 1 aliphatic heterocycles. The standard InChI is InChI=1S/C19H26N4O/c1-15-18(16(2)24-22-15)11-12-20-19(23-13-7-4-8-14-23)21-17-9-5-3-6-10-17/h3,5-6,9-10H,4,7-8,11-14H2,1-2H3,(H,20,21). The number of guanidine groups is 1. The van der Waals surface area contributed by atoms with E-state index in [2.05, 4.69) is 27.5 Å². The second-order valence-corrected chi connectivity index (χ2v) is 6.30. The van der Waals surface area contributed by atoms with E-state index in [0.29, 0.717) is 0 Å². The van der Waals surface area contributed by atoms with Crippen LogP contribution >= 0.6 is 0 Å². The monoisotopic (exact) mass is 326 g/mol. The van der Waals surface area contributed by atoms with Crippen molar-refractivity contribution in [2.45, 2.75) is 39.5 Å². The van der Waals surface area contributed by atoms with E-state index in [1.807, 2.05) is 32.0 Å². The zero-order valence-electron chi connectivity index (χ0n) is 14.6. The van der Waals surface area contributed by atoms with Gasteiger partial charge in [-0.25, -0.2) is 0 Å². The number of piperidine rings is 1. The number of hydrogen-bond donors (Lipinski definition) is 1. The molecule has 0 unspecified atom stereocenters. The number of hydrogen-bond acceptors (Lipinski definition) is 3. The van der Waals surface area contributed by atoms with E-state index >= 15 is 0 Å². The molecule has 2 aromatic rings. The Hall–Kier alpha value is -2.30. The molecule has 0 spiro atoms. The normalized spacial score (nSPS) is 15.6. The average molecular weight is 326 g/mol. The Morgan fingerprint density at radius 3 is 2.58 bits per heavy atom. The first-order valence-corrected chi connectivity index (χ1v) is 8.77. The van der Waals surface area contributed by atoms with Gasteiger partial charge in [0.25, 0.3) is 0 Å². The lowest BCUT2D eigenvalue weighted by molar-refractivity contribution is 0.340. The van der Waals surface area contributed by atoms with Crippen LogP contribution in [0.1, 0.15) is 36.3 Å². The van der Waals surface area contributed by atoms with Crippen LogP contribution in [0.4, 0.5) is 5.69 Å². The Morgan fingerprint density at radius 2 is 1.92 bits per heavy atom. The summed E-state index contributed by atoms with van der Waals surface area (Å²) in [5.41, 5.74) is 3.23. The molecule has 2 heterocycles. The minimum Gasteiger partial charge on any atom is -0.361 e. The first-order valence-electron chi connectivity index (χ1n) is 8.77. The highest BCUT2D eigenvalue weighted by atomic mass is 16.5. The number of aromatic nitrogens is 1. The summed E-state index contributed by atoms with van der Waals surface area (Å²) in [5.74, 6) is 1.88. The largest absolute Gasteiger partial charge is 0.361 e. The average Bonchev–Trinajstić information content (AvgIpc) is 2.94. The Balaban J connectivity index is 1.70. The third-order valence-electron chi connectivity index (χ3n) is 4.49. The minimum absolute atomic E-state index is 0.731. The number of rotatable bonds is 4. The van der Waals surface area contributed by atoms with Crippen molar-refractivity contribution in [1.29, 1.82) is 0 Å². The highest BCUT2D eigenvalue weighted by Crippen LogP contribution is 2.15. The summed E-state index contributed by atoms with van der Waals surface area (Å²) in [6.45, 7) is 6.83.